The van der Waals surface area contributed by atoms with Crippen LogP contribution in [0, 0.1) is 5.92 Å². The fraction of sp³-hybridized carbons (Fsp3) is 0.538. The molecule has 0 fully saturated rings. The molecule has 1 N–H and O–H groups in total. The molecule has 0 heterocycles. The second-order valence-corrected chi connectivity index (χ2v) is 6.87. The highest BCUT2D eigenvalue weighted by Crippen LogP contribution is 2.15. The maximum atomic E-state index is 12.0. The molecule has 0 radical (unpaired) electrons. The predicted octanol–water partition coefficient (Wildman–Crippen LogP) is 2.62. The fourth-order valence-electron chi connectivity index (χ4n) is 1.67. The molecule has 0 saturated carbocycles. The molecule has 0 aliphatic carbocycles. The van der Waals surface area contributed by atoms with Gasteiger partial charge >= 0.3 is 6.61 Å². The van der Waals surface area contributed by atoms with Crippen LogP contribution in [-0.2, 0) is 16.4 Å². The monoisotopic (exact) mass is 341 g/mol. The Morgan fingerprint density at radius 2 is 1.90 bits per heavy atom. The van der Waals surface area contributed by atoms with Crippen LogP contribution in [0.4, 0.5) is 8.78 Å². The first kappa shape index (κ1) is 18.1. The van der Waals surface area contributed by atoms with E-state index in [2.05, 4.69) is 9.46 Å². The molecule has 4 nitrogen and oxygen atoms in total. The molecule has 0 aliphatic heterocycles. The van der Waals surface area contributed by atoms with E-state index < -0.39 is 16.6 Å². The number of alkyl halides is 3. The maximum absolute atomic E-state index is 12.0. The normalized spacial score (nSPS) is 13.4. The maximum Gasteiger partial charge on any atom is 0.387 e. The van der Waals surface area contributed by atoms with E-state index in [4.69, 9.17) is 11.6 Å². The van der Waals surface area contributed by atoms with E-state index in [1.165, 1.54) is 12.1 Å². The SMILES string of the molecule is CC(CCl)CS(=O)(=O)NCCc1ccc(OC(F)F)cc1. The highest BCUT2D eigenvalue weighted by molar-refractivity contribution is 7.89. The van der Waals surface area contributed by atoms with E-state index >= 15 is 0 Å². The molecule has 1 atom stereocenters. The highest BCUT2D eigenvalue weighted by atomic mass is 35.5. The van der Waals surface area contributed by atoms with Crippen molar-refractivity contribution in [3.05, 3.63) is 29.8 Å². The number of rotatable bonds is 9. The molecular formula is C13H18ClF2NO3S. The minimum absolute atomic E-state index is 0.0162. The van der Waals surface area contributed by atoms with Gasteiger partial charge in [-0.15, -0.1) is 11.6 Å². The van der Waals surface area contributed by atoms with Gasteiger partial charge < -0.3 is 4.74 Å². The number of benzene rings is 1. The Morgan fingerprint density at radius 3 is 2.43 bits per heavy atom. The van der Waals surface area contributed by atoms with Gasteiger partial charge in [0.1, 0.15) is 5.75 Å². The quantitative estimate of drug-likeness (QED) is 0.702. The van der Waals surface area contributed by atoms with Gasteiger partial charge in [-0.1, -0.05) is 19.1 Å². The molecule has 21 heavy (non-hydrogen) atoms. The molecule has 1 unspecified atom stereocenters. The van der Waals surface area contributed by atoms with Crippen LogP contribution in [0.1, 0.15) is 12.5 Å². The van der Waals surface area contributed by atoms with Crippen LogP contribution in [0.5, 0.6) is 5.75 Å². The molecule has 0 aromatic heterocycles. The van der Waals surface area contributed by atoms with Gasteiger partial charge in [0.15, 0.2) is 0 Å². The average Bonchev–Trinajstić information content (AvgIpc) is 2.39. The number of ether oxygens (including phenoxy) is 1. The third-order valence-electron chi connectivity index (χ3n) is 2.65. The lowest BCUT2D eigenvalue weighted by molar-refractivity contribution is -0.0498. The smallest absolute Gasteiger partial charge is 0.387 e. The average molecular weight is 342 g/mol. The molecule has 0 saturated heterocycles. The van der Waals surface area contributed by atoms with E-state index in [9.17, 15) is 17.2 Å². The largest absolute Gasteiger partial charge is 0.435 e. The highest BCUT2D eigenvalue weighted by Gasteiger charge is 2.14. The first-order chi connectivity index (χ1) is 9.82. The number of nitrogens with one attached hydrogen (secondary N) is 1. The van der Waals surface area contributed by atoms with Gasteiger partial charge in [-0.3, -0.25) is 0 Å². The van der Waals surface area contributed by atoms with E-state index in [1.54, 1.807) is 19.1 Å². The van der Waals surface area contributed by atoms with Crippen LogP contribution in [0.3, 0.4) is 0 Å². The van der Waals surface area contributed by atoms with E-state index in [1.807, 2.05) is 0 Å². The number of hydrogen-bond donors (Lipinski definition) is 1. The van der Waals surface area contributed by atoms with Crippen molar-refractivity contribution < 1.29 is 21.9 Å². The lowest BCUT2D eigenvalue weighted by atomic mass is 10.1. The standard InChI is InChI=1S/C13H18ClF2NO3S/c1-10(8-14)9-21(18,19)17-7-6-11-2-4-12(5-3-11)20-13(15)16/h2-5,10,13,17H,6-9H2,1H3. The van der Waals surface area contributed by atoms with Gasteiger partial charge in [0, 0.05) is 12.4 Å². The van der Waals surface area contributed by atoms with Crippen LogP contribution in [0.15, 0.2) is 24.3 Å². The third kappa shape index (κ3) is 7.59. The molecule has 1 aromatic rings. The molecule has 0 spiro atoms. The Bertz CT molecular complexity index is 523. The molecule has 1 aromatic carbocycles. The van der Waals surface area contributed by atoms with Gasteiger partial charge in [-0.25, -0.2) is 13.1 Å². The Balaban J connectivity index is 2.42. The van der Waals surface area contributed by atoms with Crippen molar-refractivity contribution in [2.45, 2.75) is 20.0 Å². The molecule has 0 bridgehead atoms. The molecular weight excluding hydrogens is 324 g/mol. The first-order valence-corrected chi connectivity index (χ1v) is 8.58. The Morgan fingerprint density at radius 1 is 1.29 bits per heavy atom. The number of hydrogen-bond acceptors (Lipinski definition) is 3. The molecule has 0 aliphatic rings. The van der Waals surface area contributed by atoms with Gasteiger partial charge in [-0.05, 0) is 30.0 Å². The number of halogens is 3. The fourth-order valence-corrected chi connectivity index (χ4v) is 3.30. The molecule has 8 heteroatoms. The minimum atomic E-state index is -3.35. The van der Waals surface area contributed by atoms with Crippen molar-refractivity contribution in [3.63, 3.8) is 0 Å². The number of sulfonamides is 1. The summed E-state index contributed by atoms with van der Waals surface area (Å²) in [5, 5.41) is 0. The van der Waals surface area contributed by atoms with Crippen molar-refractivity contribution >= 4 is 21.6 Å². The zero-order valence-electron chi connectivity index (χ0n) is 11.6. The summed E-state index contributed by atoms with van der Waals surface area (Å²) in [7, 11) is -3.35. The van der Waals surface area contributed by atoms with E-state index in [-0.39, 0.29) is 29.8 Å². The van der Waals surface area contributed by atoms with Crippen LogP contribution < -0.4 is 9.46 Å². The summed E-state index contributed by atoms with van der Waals surface area (Å²) in [5.41, 5.74) is 0.824. The van der Waals surface area contributed by atoms with Gasteiger partial charge in [0.05, 0.1) is 5.75 Å². The summed E-state index contributed by atoms with van der Waals surface area (Å²) < 4.78 is 54.1. The summed E-state index contributed by atoms with van der Waals surface area (Å²) in [6.07, 6.45) is 0.462. The van der Waals surface area contributed by atoms with Gasteiger partial charge in [0.25, 0.3) is 0 Å². The van der Waals surface area contributed by atoms with Gasteiger partial charge in [0.2, 0.25) is 10.0 Å². The predicted molar refractivity (Wildman–Crippen MR) is 78.5 cm³/mol. The zero-order valence-corrected chi connectivity index (χ0v) is 13.1. The molecule has 120 valence electrons. The Hall–Kier alpha value is -0.920. The van der Waals surface area contributed by atoms with Crippen LogP contribution in [0.25, 0.3) is 0 Å². The lowest BCUT2D eigenvalue weighted by Gasteiger charge is -2.10. The minimum Gasteiger partial charge on any atom is -0.435 e. The first-order valence-electron chi connectivity index (χ1n) is 6.39. The van der Waals surface area contributed by atoms with Gasteiger partial charge in [-0.2, -0.15) is 8.78 Å². The van der Waals surface area contributed by atoms with E-state index in [0.29, 0.717) is 6.42 Å². The Kier molecular flexibility index (Phi) is 7.34. The molecule has 0 amide bonds. The third-order valence-corrected chi connectivity index (χ3v) is 4.83. The van der Waals surface area contributed by atoms with Crippen molar-refractivity contribution in [3.8, 4) is 5.75 Å². The van der Waals surface area contributed by atoms with Crippen LogP contribution >= 0.6 is 11.6 Å². The van der Waals surface area contributed by atoms with Crippen LogP contribution in [-0.4, -0.2) is 33.2 Å². The van der Waals surface area contributed by atoms with Crippen LogP contribution in [0.2, 0.25) is 0 Å². The summed E-state index contributed by atoms with van der Waals surface area (Å²) >= 11 is 5.58. The zero-order chi connectivity index (χ0) is 15.9. The summed E-state index contributed by atoms with van der Waals surface area (Å²) in [5.74, 6) is 0.227. The van der Waals surface area contributed by atoms with Crippen molar-refractivity contribution in [2.24, 2.45) is 5.92 Å². The van der Waals surface area contributed by atoms with Crippen molar-refractivity contribution in [1.82, 2.24) is 4.72 Å². The second kappa shape index (κ2) is 8.51. The lowest BCUT2D eigenvalue weighted by Crippen LogP contribution is -2.31. The second-order valence-electron chi connectivity index (χ2n) is 4.71. The Labute approximate surface area is 128 Å². The topological polar surface area (TPSA) is 55.4 Å². The van der Waals surface area contributed by atoms with Crippen molar-refractivity contribution in [2.75, 3.05) is 18.2 Å². The summed E-state index contributed by atoms with van der Waals surface area (Å²) in [6, 6.07) is 6.08. The molecule has 1 rings (SSSR count). The summed E-state index contributed by atoms with van der Waals surface area (Å²) in [4.78, 5) is 0. The van der Waals surface area contributed by atoms with E-state index in [0.717, 1.165) is 5.56 Å². The van der Waals surface area contributed by atoms with Crippen molar-refractivity contribution in [1.29, 1.82) is 0 Å². The summed E-state index contributed by atoms with van der Waals surface area (Å²) in [6.45, 7) is -0.855.